The number of hydrogen-bond donors (Lipinski definition) is 1. The van der Waals surface area contributed by atoms with Crippen LogP contribution in [0.15, 0.2) is 12.2 Å². The molecule has 1 aliphatic carbocycles. The lowest BCUT2D eigenvalue weighted by Gasteiger charge is -2.21. The van der Waals surface area contributed by atoms with E-state index in [1.54, 1.807) is 6.92 Å². The Morgan fingerprint density at radius 2 is 2.00 bits per heavy atom. The third-order valence-electron chi connectivity index (χ3n) is 2.90. The molecule has 2 atom stereocenters. The van der Waals surface area contributed by atoms with Gasteiger partial charge in [0.25, 0.3) is 0 Å². The second-order valence-corrected chi connectivity index (χ2v) is 5.98. The lowest BCUT2D eigenvalue weighted by Crippen LogP contribution is -2.37. The zero-order chi connectivity index (χ0) is 15.2. The van der Waals surface area contributed by atoms with E-state index in [0.717, 1.165) is 12.8 Å². The van der Waals surface area contributed by atoms with E-state index in [1.165, 1.54) is 0 Å². The van der Waals surface area contributed by atoms with E-state index in [1.807, 2.05) is 32.9 Å². The number of carbonyl (C=O) groups is 2. The van der Waals surface area contributed by atoms with Crippen LogP contribution >= 0.6 is 0 Å². The van der Waals surface area contributed by atoms with E-state index in [4.69, 9.17) is 9.47 Å². The summed E-state index contributed by atoms with van der Waals surface area (Å²) in [5.41, 5.74) is -0.490. The first-order chi connectivity index (χ1) is 9.30. The molecule has 0 fully saturated rings. The van der Waals surface area contributed by atoms with Crippen LogP contribution in [-0.4, -0.2) is 30.3 Å². The van der Waals surface area contributed by atoms with Crippen molar-refractivity contribution in [1.82, 2.24) is 5.32 Å². The highest BCUT2D eigenvalue weighted by molar-refractivity contribution is 5.69. The van der Waals surface area contributed by atoms with Crippen molar-refractivity contribution in [3.05, 3.63) is 12.2 Å². The number of carbonyl (C=O) groups excluding carboxylic acids is 2. The summed E-state index contributed by atoms with van der Waals surface area (Å²) in [6.07, 6.45) is 5.57. The quantitative estimate of drug-likeness (QED) is 0.622. The molecule has 0 aromatic carbocycles. The van der Waals surface area contributed by atoms with Crippen molar-refractivity contribution in [1.29, 1.82) is 0 Å². The molecule has 0 heterocycles. The van der Waals surface area contributed by atoms with Gasteiger partial charge in [-0.3, -0.25) is 4.79 Å². The fourth-order valence-corrected chi connectivity index (χ4v) is 2.09. The largest absolute Gasteiger partial charge is 0.466 e. The van der Waals surface area contributed by atoms with Crippen LogP contribution in [-0.2, 0) is 14.3 Å². The molecule has 0 unspecified atom stereocenters. The van der Waals surface area contributed by atoms with Gasteiger partial charge in [-0.2, -0.15) is 0 Å². The SMILES string of the molecule is CCOC(=O)CC[C@H]1C=C[C@@H](NC(=O)OC(C)(C)C)C1. The summed E-state index contributed by atoms with van der Waals surface area (Å²) >= 11 is 0. The molecule has 0 spiro atoms. The molecule has 1 rings (SSSR count). The Kier molecular flexibility index (Phi) is 6.05. The molecule has 0 saturated carbocycles. The van der Waals surface area contributed by atoms with E-state index in [-0.39, 0.29) is 12.0 Å². The van der Waals surface area contributed by atoms with Crippen LogP contribution in [0.1, 0.15) is 47.0 Å². The number of ether oxygens (including phenoxy) is 2. The van der Waals surface area contributed by atoms with Gasteiger partial charge >= 0.3 is 12.1 Å². The van der Waals surface area contributed by atoms with Gasteiger partial charge in [-0.05, 0) is 46.5 Å². The van der Waals surface area contributed by atoms with Gasteiger partial charge in [-0.25, -0.2) is 4.79 Å². The molecule has 5 nitrogen and oxygen atoms in total. The van der Waals surface area contributed by atoms with Gasteiger partial charge in [0.15, 0.2) is 0 Å². The summed E-state index contributed by atoms with van der Waals surface area (Å²) in [5.74, 6) is 0.142. The molecule has 20 heavy (non-hydrogen) atoms. The zero-order valence-corrected chi connectivity index (χ0v) is 12.8. The van der Waals surface area contributed by atoms with E-state index in [2.05, 4.69) is 5.32 Å². The number of esters is 1. The van der Waals surface area contributed by atoms with Crippen LogP contribution in [0.25, 0.3) is 0 Å². The van der Waals surface area contributed by atoms with Gasteiger partial charge < -0.3 is 14.8 Å². The van der Waals surface area contributed by atoms with Gasteiger partial charge in [0, 0.05) is 6.42 Å². The van der Waals surface area contributed by atoms with E-state index < -0.39 is 11.7 Å². The highest BCUT2D eigenvalue weighted by Gasteiger charge is 2.23. The molecule has 1 amide bonds. The first-order valence-corrected chi connectivity index (χ1v) is 7.13. The van der Waals surface area contributed by atoms with Gasteiger partial charge in [-0.15, -0.1) is 0 Å². The average molecular weight is 283 g/mol. The summed E-state index contributed by atoms with van der Waals surface area (Å²) < 4.78 is 10.1. The number of allylic oxidation sites excluding steroid dienone is 1. The van der Waals surface area contributed by atoms with E-state index >= 15 is 0 Å². The Bertz CT molecular complexity index is 371. The number of nitrogens with one attached hydrogen (secondary N) is 1. The predicted molar refractivity (Wildman–Crippen MR) is 76.3 cm³/mol. The molecule has 5 heteroatoms. The molecular weight excluding hydrogens is 258 g/mol. The first kappa shape index (κ1) is 16.5. The molecule has 0 aromatic rings. The Morgan fingerprint density at radius 1 is 1.30 bits per heavy atom. The number of rotatable bonds is 5. The smallest absolute Gasteiger partial charge is 0.408 e. The maximum absolute atomic E-state index is 11.6. The van der Waals surface area contributed by atoms with Crippen molar-refractivity contribution in [3.8, 4) is 0 Å². The maximum atomic E-state index is 11.6. The number of alkyl carbamates (subject to hydrolysis) is 1. The monoisotopic (exact) mass is 283 g/mol. The third-order valence-corrected chi connectivity index (χ3v) is 2.90. The number of hydrogen-bond acceptors (Lipinski definition) is 4. The van der Waals surface area contributed by atoms with Crippen molar-refractivity contribution in [2.24, 2.45) is 5.92 Å². The molecule has 0 radical (unpaired) electrons. The fraction of sp³-hybridized carbons (Fsp3) is 0.733. The Morgan fingerprint density at radius 3 is 2.60 bits per heavy atom. The lowest BCUT2D eigenvalue weighted by molar-refractivity contribution is -0.143. The molecule has 1 aliphatic rings. The highest BCUT2D eigenvalue weighted by Crippen LogP contribution is 2.23. The summed E-state index contributed by atoms with van der Waals surface area (Å²) in [7, 11) is 0. The molecule has 114 valence electrons. The second-order valence-electron chi connectivity index (χ2n) is 5.98. The van der Waals surface area contributed by atoms with Crippen LogP contribution < -0.4 is 5.32 Å². The van der Waals surface area contributed by atoms with Crippen molar-refractivity contribution in [2.75, 3.05) is 6.61 Å². The predicted octanol–water partition coefficient (Wildman–Crippen LogP) is 2.80. The minimum Gasteiger partial charge on any atom is -0.466 e. The minimum atomic E-state index is -0.490. The van der Waals surface area contributed by atoms with Crippen molar-refractivity contribution in [3.63, 3.8) is 0 Å². The van der Waals surface area contributed by atoms with Crippen LogP contribution in [0.3, 0.4) is 0 Å². The van der Waals surface area contributed by atoms with Crippen LogP contribution in [0.5, 0.6) is 0 Å². The zero-order valence-electron chi connectivity index (χ0n) is 12.8. The highest BCUT2D eigenvalue weighted by atomic mass is 16.6. The van der Waals surface area contributed by atoms with Gasteiger partial charge in [0.1, 0.15) is 5.60 Å². The first-order valence-electron chi connectivity index (χ1n) is 7.13. The molecule has 0 bridgehead atoms. The normalized spacial score (nSPS) is 21.6. The van der Waals surface area contributed by atoms with Crippen molar-refractivity contribution >= 4 is 12.1 Å². The summed E-state index contributed by atoms with van der Waals surface area (Å²) in [4.78, 5) is 22.9. The molecular formula is C15H25NO4. The second kappa shape index (κ2) is 7.31. The van der Waals surface area contributed by atoms with Gasteiger partial charge in [-0.1, -0.05) is 12.2 Å². The third kappa shape index (κ3) is 6.59. The Balaban J connectivity index is 2.25. The molecule has 1 N–H and O–H groups in total. The molecule has 0 aromatic heterocycles. The summed E-state index contributed by atoms with van der Waals surface area (Å²) in [6.45, 7) is 7.72. The van der Waals surface area contributed by atoms with Crippen LogP contribution in [0.2, 0.25) is 0 Å². The van der Waals surface area contributed by atoms with Crippen molar-refractivity contribution < 1.29 is 19.1 Å². The van der Waals surface area contributed by atoms with Gasteiger partial charge in [0.05, 0.1) is 12.6 Å². The maximum Gasteiger partial charge on any atom is 0.408 e. The Hall–Kier alpha value is -1.52. The van der Waals surface area contributed by atoms with Crippen molar-refractivity contribution in [2.45, 2.75) is 58.6 Å². The molecule has 0 saturated heterocycles. The van der Waals surface area contributed by atoms with E-state index in [0.29, 0.717) is 18.9 Å². The fourth-order valence-electron chi connectivity index (χ4n) is 2.09. The number of amides is 1. The average Bonchev–Trinajstić information content (AvgIpc) is 2.71. The van der Waals surface area contributed by atoms with Gasteiger partial charge in [0.2, 0.25) is 0 Å². The summed E-state index contributed by atoms with van der Waals surface area (Å²) in [5, 5.41) is 2.81. The van der Waals surface area contributed by atoms with Crippen LogP contribution in [0, 0.1) is 5.92 Å². The topological polar surface area (TPSA) is 64.6 Å². The Labute approximate surface area is 120 Å². The van der Waals surface area contributed by atoms with E-state index in [9.17, 15) is 9.59 Å². The lowest BCUT2D eigenvalue weighted by atomic mass is 10.0. The minimum absolute atomic E-state index is 0.0166. The standard InChI is InChI=1S/C15H25NO4/c1-5-19-13(17)9-7-11-6-8-12(10-11)16-14(18)20-15(2,3)4/h6,8,11-12H,5,7,9-10H2,1-4H3,(H,16,18)/t11-,12-/m1/s1. The molecule has 0 aliphatic heterocycles. The van der Waals surface area contributed by atoms with Crippen LogP contribution in [0.4, 0.5) is 4.79 Å². The summed E-state index contributed by atoms with van der Waals surface area (Å²) in [6, 6.07) is -0.0166.